The minimum atomic E-state index is -4.41. The Morgan fingerprint density at radius 3 is 1.90 bits per heavy atom. The van der Waals surface area contributed by atoms with Gasteiger partial charge in [0.05, 0.1) is 11.0 Å². The van der Waals surface area contributed by atoms with Crippen molar-refractivity contribution >= 4 is 11.8 Å². The fraction of sp³-hybridized carbons (Fsp3) is 0.667. The van der Waals surface area contributed by atoms with Gasteiger partial charge in [0.15, 0.2) is 0 Å². The molecule has 1 saturated heterocycles. The molecule has 31 heavy (non-hydrogen) atoms. The number of hydrogen-bond acceptors (Lipinski definition) is 2. The first-order chi connectivity index (χ1) is 14.7. The normalized spacial score (nSPS) is 32.9. The van der Waals surface area contributed by atoms with Crippen molar-refractivity contribution in [2.24, 2.45) is 23.2 Å². The molecular weight excluding hydrogens is 405 g/mol. The molecule has 0 radical (unpaired) electrons. The summed E-state index contributed by atoms with van der Waals surface area (Å²) < 4.78 is 38.1. The molecule has 5 fully saturated rings. The highest BCUT2D eigenvalue weighted by Crippen LogP contribution is 2.60. The van der Waals surface area contributed by atoms with E-state index in [1.165, 1.54) is 31.4 Å². The second-order valence-corrected chi connectivity index (χ2v) is 10.3. The summed E-state index contributed by atoms with van der Waals surface area (Å²) in [6.45, 7) is 1.27. The molecule has 168 valence electrons. The quantitative estimate of drug-likeness (QED) is 0.753. The van der Waals surface area contributed by atoms with E-state index in [2.05, 4.69) is 5.32 Å². The van der Waals surface area contributed by atoms with Crippen molar-refractivity contribution in [3.63, 3.8) is 0 Å². The maximum Gasteiger partial charge on any atom is 0.416 e. The summed E-state index contributed by atoms with van der Waals surface area (Å²) in [4.78, 5) is 27.9. The summed E-state index contributed by atoms with van der Waals surface area (Å²) in [5, 5.41) is 2.93. The highest BCUT2D eigenvalue weighted by molar-refractivity contribution is 5.94. The number of hydrogen-bond donors (Lipinski definition) is 1. The number of nitrogens with one attached hydrogen (secondary N) is 1. The van der Waals surface area contributed by atoms with Crippen LogP contribution < -0.4 is 5.32 Å². The first kappa shape index (κ1) is 20.8. The fourth-order valence-corrected chi connectivity index (χ4v) is 7.01. The summed E-state index contributed by atoms with van der Waals surface area (Å²) in [7, 11) is 0. The Morgan fingerprint density at radius 1 is 0.903 bits per heavy atom. The summed E-state index contributed by atoms with van der Waals surface area (Å²) in [5.74, 6) is 2.17. The lowest BCUT2D eigenvalue weighted by Crippen LogP contribution is -2.56. The Balaban J connectivity index is 1.16. The molecule has 0 spiro atoms. The number of rotatable bonds is 3. The zero-order valence-corrected chi connectivity index (χ0v) is 17.6. The number of carbonyl (C=O) groups is 2. The number of alkyl halides is 3. The lowest BCUT2D eigenvalue weighted by molar-refractivity contribution is -0.158. The molecule has 6 rings (SSSR count). The second-order valence-electron chi connectivity index (χ2n) is 10.3. The molecule has 0 atom stereocenters. The maximum absolute atomic E-state index is 13.5. The van der Waals surface area contributed by atoms with Gasteiger partial charge in [-0.15, -0.1) is 0 Å². The van der Waals surface area contributed by atoms with Crippen molar-refractivity contribution in [2.45, 2.75) is 63.6 Å². The minimum Gasteiger partial charge on any atom is -0.349 e. The predicted octanol–water partition coefficient (Wildman–Crippen LogP) is 4.64. The topological polar surface area (TPSA) is 49.4 Å². The SMILES string of the molecule is O=C(NC1CCN(C(=O)C23CC4CC(CC(C4)C2)C3)CC1)c1ccc(C(F)(F)F)cc1. The molecule has 1 aliphatic heterocycles. The van der Waals surface area contributed by atoms with Gasteiger partial charge in [-0.05, 0) is 93.4 Å². The van der Waals surface area contributed by atoms with Crippen molar-refractivity contribution in [3.05, 3.63) is 35.4 Å². The molecule has 5 aliphatic rings. The molecule has 4 saturated carbocycles. The Morgan fingerprint density at radius 2 is 1.42 bits per heavy atom. The zero-order chi connectivity index (χ0) is 21.8. The first-order valence-corrected chi connectivity index (χ1v) is 11.5. The van der Waals surface area contributed by atoms with Crippen LogP contribution in [-0.4, -0.2) is 35.8 Å². The molecule has 4 bridgehead atoms. The standard InChI is InChI=1S/C24H29F3N2O2/c25-24(26,27)19-3-1-18(2-4-19)21(30)28-20-5-7-29(8-6-20)22(31)23-12-15-9-16(13-23)11-17(10-15)14-23/h1-4,15-17,20H,5-14H2,(H,28,30). The Kier molecular flexibility index (Phi) is 5.05. The number of halogens is 3. The van der Waals surface area contributed by atoms with E-state index in [4.69, 9.17) is 0 Å². The van der Waals surface area contributed by atoms with Crippen molar-refractivity contribution in [1.82, 2.24) is 10.2 Å². The second kappa shape index (κ2) is 7.52. The van der Waals surface area contributed by atoms with Gasteiger partial charge in [-0.25, -0.2) is 0 Å². The average Bonchev–Trinajstić information content (AvgIpc) is 2.72. The van der Waals surface area contributed by atoms with Gasteiger partial charge in [0.2, 0.25) is 5.91 Å². The number of piperidine rings is 1. The zero-order valence-electron chi connectivity index (χ0n) is 17.6. The molecule has 4 nitrogen and oxygen atoms in total. The van der Waals surface area contributed by atoms with Crippen LogP contribution in [0.2, 0.25) is 0 Å². The number of nitrogens with zero attached hydrogens (tertiary/aromatic N) is 1. The molecular formula is C24H29F3N2O2. The van der Waals surface area contributed by atoms with Crippen LogP contribution in [0.3, 0.4) is 0 Å². The van der Waals surface area contributed by atoms with E-state index in [1.54, 1.807) is 0 Å². The maximum atomic E-state index is 13.5. The van der Waals surface area contributed by atoms with Crippen molar-refractivity contribution in [3.8, 4) is 0 Å². The monoisotopic (exact) mass is 434 g/mol. The van der Waals surface area contributed by atoms with Gasteiger partial charge in [0.25, 0.3) is 5.91 Å². The summed E-state index contributed by atoms with van der Waals surface area (Å²) in [6, 6.07) is 4.23. The lowest BCUT2D eigenvalue weighted by atomic mass is 9.49. The van der Waals surface area contributed by atoms with Crippen LogP contribution in [0.1, 0.15) is 67.3 Å². The molecule has 1 heterocycles. The average molecular weight is 435 g/mol. The van der Waals surface area contributed by atoms with Crippen LogP contribution in [0.5, 0.6) is 0 Å². The summed E-state index contributed by atoms with van der Waals surface area (Å²) in [5.41, 5.74) is -0.675. The molecule has 1 aromatic rings. The fourth-order valence-electron chi connectivity index (χ4n) is 7.01. The first-order valence-electron chi connectivity index (χ1n) is 11.5. The van der Waals surface area contributed by atoms with Crippen molar-refractivity contribution < 1.29 is 22.8 Å². The van der Waals surface area contributed by atoms with E-state index in [-0.39, 0.29) is 22.9 Å². The molecule has 0 aromatic heterocycles. The highest BCUT2D eigenvalue weighted by atomic mass is 19.4. The number of amides is 2. The third kappa shape index (κ3) is 3.96. The summed E-state index contributed by atoms with van der Waals surface area (Å²) in [6.07, 6.45) is 4.06. The minimum absolute atomic E-state index is 0.0600. The van der Waals surface area contributed by atoms with Gasteiger partial charge in [0.1, 0.15) is 0 Å². The Labute approximate surface area is 180 Å². The van der Waals surface area contributed by atoms with Gasteiger partial charge >= 0.3 is 6.18 Å². The number of carbonyl (C=O) groups excluding carboxylic acids is 2. The van der Waals surface area contributed by atoms with Gasteiger partial charge in [0, 0.05) is 24.7 Å². The van der Waals surface area contributed by atoms with Crippen molar-refractivity contribution in [2.75, 3.05) is 13.1 Å². The Bertz CT molecular complexity index is 821. The van der Waals surface area contributed by atoms with E-state index in [1.807, 2.05) is 4.90 Å². The molecule has 0 unspecified atom stereocenters. The van der Waals surface area contributed by atoms with Crippen molar-refractivity contribution in [1.29, 1.82) is 0 Å². The molecule has 4 aliphatic carbocycles. The van der Waals surface area contributed by atoms with Crippen LogP contribution in [0.25, 0.3) is 0 Å². The van der Waals surface area contributed by atoms with Crippen LogP contribution in [0.15, 0.2) is 24.3 Å². The van der Waals surface area contributed by atoms with Gasteiger partial charge < -0.3 is 10.2 Å². The van der Waals surface area contributed by atoms with Crippen LogP contribution in [-0.2, 0) is 11.0 Å². The third-order valence-electron chi connectivity index (χ3n) is 8.08. The van der Waals surface area contributed by atoms with Gasteiger partial charge in [-0.1, -0.05) is 0 Å². The van der Waals surface area contributed by atoms with Crippen LogP contribution in [0, 0.1) is 23.2 Å². The van der Waals surface area contributed by atoms with Gasteiger partial charge in [-0.2, -0.15) is 13.2 Å². The van der Waals surface area contributed by atoms with Crippen LogP contribution >= 0.6 is 0 Å². The molecule has 1 aromatic carbocycles. The molecule has 1 N–H and O–H groups in total. The van der Waals surface area contributed by atoms with E-state index < -0.39 is 11.7 Å². The number of likely N-dealkylation sites (tertiary alicyclic amines) is 1. The van der Waals surface area contributed by atoms with Gasteiger partial charge in [-0.3, -0.25) is 9.59 Å². The van der Waals surface area contributed by atoms with E-state index in [0.29, 0.717) is 31.8 Å². The molecule has 7 heteroatoms. The van der Waals surface area contributed by atoms with E-state index in [0.717, 1.165) is 49.1 Å². The van der Waals surface area contributed by atoms with E-state index >= 15 is 0 Å². The molecule has 2 amide bonds. The third-order valence-corrected chi connectivity index (χ3v) is 8.08. The van der Waals surface area contributed by atoms with E-state index in [9.17, 15) is 22.8 Å². The lowest BCUT2D eigenvalue weighted by Gasteiger charge is -2.57. The summed E-state index contributed by atoms with van der Waals surface area (Å²) >= 11 is 0. The van der Waals surface area contributed by atoms with Crippen LogP contribution in [0.4, 0.5) is 13.2 Å². The predicted molar refractivity (Wildman–Crippen MR) is 109 cm³/mol. The highest BCUT2D eigenvalue weighted by Gasteiger charge is 2.55. The largest absolute Gasteiger partial charge is 0.416 e. The smallest absolute Gasteiger partial charge is 0.349 e. The Hall–Kier alpha value is -2.05. The number of benzene rings is 1.